The van der Waals surface area contributed by atoms with Crippen molar-refractivity contribution in [1.82, 2.24) is 4.72 Å². The number of rotatable bonds is 7. The molecular weight excluding hydrogens is 293 g/mol. The van der Waals surface area contributed by atoms with Gasteiger partial charge in [-0.15, -0.1) is 0 Å². The molecule has 0 saturated heterocycles. The highest BCUT2D eigenvalue weighted by Crippen LogP contribution is 2.12. The lowest BCUT2D eigenvalue weighted by Crippen LogP contribution is -2.41. The predicted octanol–water partition coefficient (Wildman–Crippen LogP) is 0.422. The molecule has 0 heterocycles. The van der Waals surface area contributed by atoms with Gasteiger partial charge in [-0.1, -0.05) is 6.07 Å². The molecule has 0 amide bonds. The van der Waals surface area contributed by atoms with E-state index in [-0.39, 0.29) is 0 Å². The normalized spacial score (nSPS) is 12.8. The minimum Gasteiger partial charge on any atom is -0.481 e. The molecule has 9 heteroatoms. The minimum absolute atomic E-state index is 0.417. The molecule has 0 radical (unpaired) electrons. The number of benzene rings is 1. The molecule has 20 heavy (non-hydrogen) atoms. The highest BCUT2D eigenvalue weighted by atomic mass is 32.2. The first-order valence-corrected chi connectivity index (χ1v) is 6.93. The van der Waals surface area contributed by atoms with Crippen molar-refractivity contribution in [3.63, 3.8) is 0 Å². The van der Waals surface area contributed by atoms with Gasteiger partial charge < -0.3 is 10.2 Å². The van der Waals surface area contributed by atoms with E-state index in [4.69, 9.17) is 10.2 Å². The van der Waals surface area contributed by atoms with Crippen LogP contribution in [0.5, 0.6) is 0 Å². The van der Waals surface area contributed by atoms with Crippen LogP contribution in [0.25, 0.3) is 0 Å². The summed E-state index contributed by atoms with van der Waals surface area (Å²) in [5.74, 6) is -3.54. The summed E-state index contributed by atoms with van der Waals surface area (Å²) in [6.45, 7) is 0. The summed E-state index contributed by atoms with van der Waals surface area (Å²) in [6, 6.07) is 2.44. The molecule has 0 aromatic heterocycles. The second-order valence-corrected chi connectivity index (χ2v) is 5.62. The third kappa shape index (κ3) is 4.59. The number of halogens is 1. The van der Waals surface area contributed by atoms with Gasteiger partial charge in [0.2, 0.25) is 10.0 Å². The van der Waals surface area contributed by atoms with Gasteiger partial charge in [0.1, 0.15) is 11.9 Å². The highest BCUT2D eigenvalue weighted by Gasteiger charge is 2.26. The van der Waals surface area contributed by atoms with Gasteiger partial charge in [-0.3, -0.25) is 9.59 Å². The smallest absolute Gasteiger partial charge is 0.321 e. The lowest BCUT2D eigenvalue weighted by atomic mass is 10.2. The number of hydrogen-bond acceptors (Lipinski definition) is 4. The van der Waals surface area contributed by atoms with Gasteiger partial charge in [0.25, 0.3) is 0 Å². The van der Waals surface area contributed by atoms with E-state index >= 15 is 0 Å². The van der Waals surface area contributed by atoms with E-state index in [0.717, 1.165) is 24.3 Å². The van der Waals surface area contributed by atoms with Crippen molar-refractivity contribution >= 4 is 22.0 Å². The zero-order valence-electron chi connectivity index (χ0n) is 10.1. The van der Waals surface area contributed by atoms with Crippen molar-refractivity contribution < 1.29 is 32.6 Å². The van der Waals surface area contributed by atoms with E-state index in [9.17, 15) is 22.4 Å². The largest absolute Gasteiger partial charge is 0.481 e. The van der Waals surface area contributed by atoms with Gasteiger partial charge in [0, 0.05) is 6.42 Å². The average molecular weight is 305 g/mol. The second-order valence-electron chi connectivity index (χ2n) is 3.90. The lowest BCUT2D eigenvalue weighted by Gasteiger charge is -2.13. The van der Waals surface area contributed by atoms with Crippen LogP contribution in [-0.2, 0) is 19.6 Å². The molecule has 0 aliphatic rings. The van der Waals surface area contributed by atoms with Crippen molar-refractivity contribution in [2.75, 3.05) is 0 Å². The Balaban J connectivity index is 2.91. The first kappa shape index (κ1) is 16.1. The molecule has 1 unspecified atom stereocenters. The van der Waals surface area contributed by atoms with Crippen molar-refractivity contribution in [2.24, 2.45) is 0 Å². The van der Waals surface area contributed by atoms with Gasteiger partial charge >= 0.3 is 11.9 Å². The Morgan fingerprint density at radius 2 is 1.95 bits per heavy atom. The van der Waals surface area contributed by atoms with E-state index in [2.05, 4.69) is 0 Å². The fraction of sp³-hybridized carbons (Fsp3) is 0.273. The van der Waals surface area contributed by atoms with Crippen LogP contribution in [0.2, 0.25) is 0 Å². The monoisotopic (exact) mass is 305 g/mol. The maximum absolute atomic E-state index is 13.0. The van der Waals surface area contributed by atoms with Crippen LogP contribution >= 0.6 is 0 Å². The van der Waals surface area contributed by atoms with Crippen molar-refractivity contribution in [3.8, 4) is 0 Å². The first-order valence-electron chi connectivity index (χ1n) is 5.45. The van der Waals surface area contributed by atoms with E-state index in [1.807, 2.05) is 4.72 Å². The Labute approximate surface area is 114 Å². The molecular formula is C11H12FNO6S. The van der Waals surface area contributed by atoms with Crippen LogP contribution in [0.4, 0.5) is 4.39 Å². The molecule has 0 saturated carbocycles. The third-order valence-electron chi connectivity index (χ3n) is 2.35. The highest BCUT2D eigenvalue weighted by molar-refractivity contribution is 7.89. The summed E-state index contributed by atoms with van der Waals surface area (Å²) in [7, 11) is -4.24. The van der Waals surface area contributed by atoms with Gasteiger partial charge in [-0.25, -0.2) is 12.8 Å². The lowest BCUT2D eigenvalue weighted by molar-refractivity contribution is -0.140. The Kier molecular flexibility index (Phi) is 5.17. The summed E-state index contributed by atoms with van der Waals surface area (Å²) in [5.41, 5.74) is 0. The Morgan fingerprint density at radius 1 is 1.30 bits per heavy atom. The fourth-order valence-electron chi connectivity index (χ4n) is 1.39. The maximum Gasteiger partial charge on any atom is 0.321 e. The quantitative estimate of drug-likeness (QED) is 0.671. The van der Waals surface area contributed by atoms with Gasteiger partial charge in [-0.2, -0.15) is 4.72 Å². The molecule has 1 rings (SSSR count). The Hall–Kier alpha value is -2.00. The fourth-order valence-corrected chi connectivity index (χ4v) is 2.64. The maximum atomic E-state index is 13.0. The number of hydrogen-bond donors (Lipinski definition) is 3. The predicted molar refractivity (Wildman–Crippen MR) is 65.0 cm³/mol. The number of aliphatic carboxylic acids is 2. The number of carbonyl (C=O) groups is 2. The molecule has 1 aromatic carbocycles. The first-order chi connectivity index (χ1) is 9.22. The summed E-state index contributed by atoms with van der Waals surface area (Å²) >= 11 is 0. The van der Waals surface area contributed by atoms with Crippen LogP contribution in [0.3, 0.4) is 0 Å². The summed E-state index contributed by atoms with van der Waals surface area (Å²) in [4.78, 5) is 20.8. The summed E-state index contributed by atoms with van der Waals surface area (Å²) < 4.78 is 38.5. The van der Waals surface area contributed by atoms with E-state index in [0.29, 0.717) is 0 Å². The second kappa shape index (κ2) is 6.44. The number of carboxylic acids is 2. The number of sulfonamides is 1. The van der Waals surface area contributed by atoms with Crippen LogP contribution < -0.4 is 4.72 Å². The molecule has 0 bridgehead atoms. The van der Waals surface area contributed by atoms with E-state index < -0.39 is 51.6 Å². The van der Waals surface area contributed by atoms with Crippen LogP contribution in [0.1, 0.15) is 12.8 Å². The van der Waals surface area contributed by atoms with Crippen molar-refractivity contribution in [1.29, 1.82) is 0 Å². The van der Waals surface area contributed by atoms with Crippen LogP contribution in [0, 0.1) is 5.82 Å². The van der Waals surface area contributed by atoms with E-state index in [1.165, 1.54) is 0 Å². The summed E-state index contributed by atoms with van der Waals surface area (Å²) in [6.07, 6.45) is -0.929. The van der Waals surface area contributed by atoms with Gasteiger partial charge in [0.15, 0.2) is 0 Å². The molecule has 3 N–H and O–H groups in total. The van der Waals surface area contributed by atoms with Crippen LogP contribution in [0.15, 0.2) is 29.2 Å². The molecule has 1 aromatic rings. The molecule has 1 atom stereocenters. The van der Waals surface area contributed by atoms with Gasteiger partial charge in [0.05, 0.1) is 4.90 Å². The molecule has 0 spiro atoms. The Bertz CT molecular complexity index is 615. The topological polar surface area (TPSA) is 121 Å². The summed E-state index contributed by atoms with van der Waals surface area (Å²) in [5, 5.41) is 17.3. The molecule has 0 fully saturated rings. The van der Waals surface area contributed by atoms with Gasteiger partial charge in [-0.05, 0) is 24.6 Å². The zero-order valence-corrected chi connectivity index (χ0v) is 10.9. The van der Waals surface area contributed by atoms with E-state index in [1.54, 1.807) is 0 Å². The molecule has 0 aliphatic heterocycles. The zero-order chi connectivity index (χ0) is 15.3. The minimum atomic E-state index is -4.24. The van der Waals surface area contributed by atoms with Crippen LogP contribution in [-0.4, -0.2) is 36.6 Å². The standard InChI is InChI=1S/C11H12FNO6S/c12-7-2-1-3-8(6-7)20(18,19)13-9(11(16)17)4-5-10(14)15/h1-3,6,9,13H,4-5H2,(H,14,15)(H,16,17). The Morgan fingerprint density at radius 3 is 2.45 bits per heavy atom. The van der Waals surface area contributed by atoms with Crippen molar-refractivity contribution in [3.05, 3.63) is 30.1 Å². The molecule has 7 nitrogen and oxygen atoms in total. The molecule has 110 valence electrons. The third-order valence-corrected chi connectivity index (χ3v) is 3.82. The average Bonchev–Trinajstić information content (AvgIpc) is 2.34. The SMILES string of the molecule is O=C(O)CCC(NS(=O)(=O)c1cccc(F)c1)C(=O)O. The van der Waals surface area contributed by atoms with Crippen molar-refractivity contribution in [2.45, 2.75) is 23.8 Å². The number of nitrogens with one attached hydrogen (secondary N) is 1. The number of carboxylic acid groups (broad SMARTS) is 2. The molecule has 0 aliphatic carbocycles.